The van der Waals surface area contributed by atoms with E-state index in [9.17, 15) is 4.39 Å². The number of nitrogens with zero attached hydrogens (tertiary/aromatic N) is 3. The van der Waals surface area contributed by atoms with Gasteiger partial charge in [0, 0.05) is 50.2 Å². The Morgan fingerprint density at radius 3 is 2.60 bits per heavy atom. The van der Waals surface area contributed by atoms with E-state index in [1.165, 1.54) is 24.3 Å². The van der Waals surface area contributed by atoms with Crippen molar-refractivity contribution < 1.29 is 4.39 Å². The summed E-state index contributed by atoms with van der Waals surface area (Å²) >= 11 is 1.86. The SMILES string of the molecule is Fc1ccccc1N1CCN([C@@H]2CCCN(Cc3cccs3)C2)CC1. The van der Waals surface area contributed by atoms with Gasteiger partial charge < -0.3 is 4.90 Å². The van der Waals surface area contributed by atoms with Gasteiger partial charge in [0.05, 0.1) is 5.69 Å². The molecule has 0 aliphatic carbocycles. The van der Waals surface area contributed by atoms with E-state index in [-0.39, 0.29) is 5.82 Å². The number of rotatable bonds is 4. The Kier molecular flexibility index (Phi) is 5.34. The van der Waals surface area contributed by atoms with Gasteiger partial charge in [-0.25, -0.2) is 4.39 Å². The molecular weight excluding hydrogens is 333 g/mol. The molecule has 3 heterocycles. The van der Waals surface area contributed by atoms with Crippen LogP contribution in [0.5, 0.6) is 0 Å². The summed E-state index contributed by atoms with van der Waals surface area (Å²) in [5, 5.41) is 2.17. The third-order valence-electron chi connectivity index (χ3n) is 5.46. The molecule has 3 nitrogen and oxygen atoms in total. The molecule has 1 aromatic carbocycles. The van der Waals surface area contributed by atoms with Crippen molar-refractivity contribution >= 4 is 17.0 Å². The second kappa shape index (κ2) is 7.85. The fraction of sp³-hybridized carbons (Fsp3) is 0.500. The minimum atomic E-state index is -0.101. The standard InChI is InChI=1S/C20H26FN3S/c21-19-7-1-2-8-20(19)24-12-10-23(11-13-24)17-5-3-9-22(15-17)16-18-6-4-14-25-18/h1-2,4,6-8,14,17H,3,5,9-13,15-16H2/t17-/m1/s1. The third kappa shape index (κ3) is 4.05. The van der Waals surface area contributed by atoms with Crippen molar-refractivity contribution in [2.24, 2.45) is 0 Å². The molecule has 134 valence electrons. The van der Waals surface area contributed by atoms with Gasteiger partial charge in [-0.2, -0.15) is 0 Å². The zero-order valence-electron chi connectivity index (χ0n) is 14.6. The lowest BCUT2D eigenvalue weighted by atomic mass is 10.0. The van der Waals surface area contributed by atoms with Crippen LogP contribution < -0.4 is 4.90 Å². The maximum absolute atomic E-state index is 14.0. The van der Waals surface area contributed by atoms with Crippen LogP contribution in [0.3, 0.4) is 0 Å². The Bertz CT molecular complexity index is 667. The van der Waals surface area contributed by atoms with Crippen LogP contribution in [-0.4, -0.2) is 55.1 Å². The number of benzene rings is 1. The smallest absolute Gasteiger partial charge is 0.146 e. The Labute approximate surface area is 153 Å². The normalized spacial score (nSPS) is 23.1. The van der Waals surface area contributed by atoms with Crippen molar-refractivity contribution in [2.75, 3.05) is 44.2 Å². The van der Waals surface area contributed by atoms with Gasteiger partial charge >= 0.3 is 0 Å². The number of likely N-dealkylation sites (tertiary alicyclic amines) is 1. The predicted molar refractivity (Wildman–Crippen MR) is 103 cm³/mol. The molecule has 2 fully saturated rings. The lowest BCUT2D eigenvalue weighted by Crippen LogP contribution is -2.55. The molecule has 0 bridgehead atoms. The summed E-state index contributed by atoms with van der Waals surface area (Å²) in [7, 11) is 0. The average Bonchev–Trinajstić information content (AvgIpc) is 3.16. The highest BCUT2D eigenvalue weighted by molar-refractivity contribution is 7.09. The maximum Gasteiger partial charge on any atom is 0.146 e. The molecule has 0 amide bonds. The quantitative estimate of drug-likeness (QED) is 0.825. The number of halogens is 1. The largest absolute Gasteiger partial charge is 0.367 e. The number of hydrogen-bond donors (Lipinski definition) is 0. The molecule has 25 heavy (non-hydrogen) atoms. The van der Waals surface area contributed by atoms with Crippen molar-refractivity contribution in [1.29, 1.82) is 0 Å². The first kappa shape index (κ1) is 17.0. The fourth-order valence-corrected chi connectivity index (χ4v) is 4.88. The molecule has 0 unspecified atom stereocenters. The second-order valence-electron chi connectivity index (χ2n) is 7.08. The summed E-state index contributed by atoms with van der Waals surface area (Å²) < 4.78 is 14.0. The number of piperidine rings is 1. The molecule has 1 atom stereocenters. The monoisotopic (exact) mass is 359 g/mol. The van der Waals surface area contributed by atoms with E-state index in [0.29, 0.717) is 6.04 Å². The van der Waals surface area contributed by atoms with Crippen LogP contribution in [0.4, 0.5) is 10.1 Å². The first-order valence-electron chi connectivity index (χ1n) is 9.28. The summed E-state index contributed by atoms with van der Waals surface area (Å²) in [5.74, 6) is -0.101. The van der Waals surface area contributed by atoms with Gasteiger partial charge in [-0.15, -0.1) is 11.3 Å². The molecule has 2 aliphatic heterocycles. The summed E-state index contributed by atoms with van der Waals surface area (Å²) in [6, 6.07) is 12.2. The minimum absolute atomic E-state index is 0.101. The Balaban J connectivity index is 1.32. The van der Waals surface area contributed by atoms with E-state index >= 15 is 0 Å². The van der Waals surface area contributed by atoms with E-state index in [2.05, 4.69) is 32.2 Å². The highest BCUT2D eigenvalue weighted by Gasteiger charge is 2.28. The van der Waals surface area contributed by atoms with Gasteiger partial charge in [-0.05, 0) is 43.0 Å². The number of hydrogen-bond acceptors (Lipinski definition) is 4. The molecule has 1 aromatic heterocycles. The number of para-hydroxylation sites is 1. The van der Waals surface area contributed by atoms with Gasteiger partial charge in [0.15, 0.2) is 0 Å². The number of piperazine rings is 1. The summed E-state index contributed by atoms with van der Waals surface area (Å²) in [4.78, 5) is 8.88. The van der Waals surface area contributed by atoms with E-state index in [0.717, 1.165) is 45.0 Å². The van der Waals surface area contributed by atoms with Crippen molar-refractivity contribution in [2.45, 2.75) is 25.4 Å². The van der Waals surface area contributed by atoms with Gasteiger partial charge in [0.2, 0.25) is 0 Å². The molecule has 2 aliphatic rings. The van der Waals surface area contributed by atoms with Gasteiger partial charge in [-0.1, -0.05) is 18.2 Å². The molecule has 0 saturated carbocycles. The Hall–Kier alpha value is -1.43. The minimum Gasteiger partial charge on any atom is -0.367 e. The summed E-state index contributed by atoms with van der Waals surface area (Å²) in [6.07, 6.45) is 2.57. The molecule has 2 saturated heterocycles. The van der Waals surface area contributed by atoms with Gasteiger partial charge in [-0.3, -0.25) is 9.80 Å². The summed E-state index contributed by atoms with van der Waals surface area (Å²) in [5.41, 5.74) is 0.755. The van der Waals surface area contributed by atoms with Crippen molar-refractivity contribution in [1.82, 2.24) is 9.80 Å². The topological polar surface area (TPSA) is 9.72 Å². The predicted octanol–water partition coefficient (Wildman–Crippen LogP) is 3.67. The maximum atomic E-state index is 14.0. The molecule has 4 rings (SSSR count). The first-order chi connectivity index (χ1) is 12.3. The van der Waals surface area contributed by atoms with E-state index < -0.39 is 0 Å². The van der Waals surface area contributed by atoms with Crippen LogP contribution in [0, 0.1) is 5.82 Å². The van der Waals surface area contributed by atoms with Crippen LogP contribution in [0.2, 0.25) is 0 Å². The first-order valence-corrected chi connectivity index (χ1v) is 10.2. The molecule has 5 heteroatoms. The van der Waals surface area contributed by atoms with Crippen LogP contribution in [-0.2, 0) is 6.54 Å². The number of anilines is 1. The fourth-order valence-electron chi connectivity index (χ4n) is 4.13. The zero-order chi connectivity index (χ0) is 17.1. The van der Waals surface area contributed by atoms with Gasteiger partial charge in [0.1, 0.15) is 5.82 Å². The van der Waals surface area contributed by atoms with E-state index in [4.69, 9.17) is 0 Å². The van der Waals surface area contributed by atoms with Crippen LogP contribution in [0.15, 0.2) is 41.8 Å². The molecule has 0 spiro atoms. The molecule has 0 radical (unpaired) electrons. The van der Waals surface area contributed by atoms with Crippen molar-refractivity contribution in [3.05, 3.63) is 52.5 Å². The lowest BCUT2D eigenvalue weighted by molar-refractivity contribution is 0.0892. The molecule has 0 N–H and O–H groups in total. The zero-order valence-corrected chi connectivity index (χ0v) is 15.4. The number of thiophene rings is 1. The van der Waals surface area contributed by atoms with E-state index in [1.54, 1.807) is 12.1 Å². The lowest BCUT2D eigenvalue weighted by Gasteiger charge is -2.44. The van der Waals surface area contributed by atoms with Crippen LogP contribution >= 0.6 is 11.3 Å². The van der Waals surface area contributed by atoms with Crippen molar-refractivity contribution in [3.8, 4) is 0 Å². The van der Waals surface area contributed by atoms with Crippen LogP contribution in [0.1, 0.15) is 17.7 Å². The van der Waals surface area contributed by atoms with E-state index in [1.807, 2.05) is 23.5 Å². The Morgan fingerprint density at radius 2 is 1.84 bits per heavy atom. The van der Waals surface area contributed by atoms with Crippen molar-refractivity contribution in [3.63, 3.8) is 0 Å². The molecule has 2 aromatic rings. The van der Waals surface area contributed by atoms with Gasteiger partial charge in [0.25, 0.3) is 0 Å². The highest BCUT2D eigenvalue weighted by Crippen LogP contribution is 2.24. The second-order valence-corrected chi connectivity index (χ2v) is 8.12. The Morgan fingerprint density at radius 1 is 1.00 bits per heavy atom. The summed E-state index contributed by atoms with van der Waals surface area (Å²) in [6.45, 7) is 7.37. The molecular formula is C20H26FN3S. The third-order valence-corrected chi connectivity index (χ3v) is 6.33. The van der Waals surface area contributed by atoms with Crippen LogP contribution in [0.25, 0.3) is 0 Å². The average molecular weight is 360 g/mol. The highest BCUT2D eigenvalue weighted by atomic mass is 32.1.